The maximum absolute atomic E-state index is 12.0. The zero-order valence-electron chi connectivity index (χ0n) is 13.0. The van der Waals surface area contributed by atoms with E-state index < -0.39 is 0 Å². The van der Waals surface area contributed by atoms with Crippen molar-refractivity contribution in [2.45, 2.75) is 31.7 Å². The Morgan fingerprint density at radius 2 is 2.36 bits per heavy atom. The molecule has 0 fully saturated rings. The highest BCUT2D eigenvalue weighted by atomic mass is 16.5. The van der Waals surface area contributed by atoms with Crippen LogP contribution in [0.3, 0.4) is 0 Å². The van der Waals surface area contributed by atoms with Crippen LogP contribution in [-0.4, -0.2) is 37.9 Å². The number of hydrogen-bond donors (Lipinski definition) is 1. The number of fused-ring (bicyclic) bond motifs is 1. The minimum absolute atomic E-state index is 0.238. The predicted octanol–water partition coefficient (Wildman–Crippen LogP) is 1.85. The Bertz CT molecular complexity index is 629. The average molecular weight is 303 g/mol. The molecule has 1 unspecified atom stereocenters. The molecule has 22 heavy (non-hydrogen) atoms. The fourth-order valence-corrected chi connectivity index (χ4v) is 3.36. The van der Waals surface area contributed by atoms with Gasteiger partial charge in [-0.25, -0.2) is 9.79 Å². The molecule has 1 aliphatic heterocycles. The van der Waals surface area contributed by atoms with Gasteiger partial charge >= 0.3 is 6.09 Å². The molecule has 1 amide bonds. The van der Waals surface area contributed by atoms with E-state index in [0.29, 0.717) is 13.2 Å². The van der Waals surface area contributed by atoms with Crippen LogP contribution in [-0.2, 0) is 22.3 Å². The number of nitrogens with zero attached hydrogens (tertiary/aromatic N) is 2. The molecule has 1 atom stereocenters. The molecule has 118 valence electrons. The lowest BCUT2D eigenvalue weighted by molar-refractivity contribution is 0.179. The van der Waals surface area contributed by atoms with Gasteiger partial charge in [-0.1, -0.05) is 12.1 Å². The van der Waals surface area contributed by atoms with E-state index in [1.54, 1.807) is 4.90 Å². The van der Waals surface area contributed by atoms with E-state index in [0.717, 1.165) is 24.9 Å². The number of benzene rings is 1. The topological polar surface area (TPSA) is 77.2 Å². The van der Waals surface area contributed by atoms with E-state index >= 15 is 0 Å². The lowest BCUT2D eigenvalue weighted by atomic mass is 9.78. The van der Waals surface area contributed by atoms with Gasteiger partial charge < -0.3 is 15.2 Å². The van der Waals surface area contributed by atoms with E-state index in [2.05, 4.69) is 11.1 Å². The highest BCUT2D eigenvalue weighted by Crippen LogP contribution is 2.38. The summed E-state index contributed by atoms with van der Waals surface area (Å²) < 4.78 is 10.2. The number of carbonyl (C=O) groups is 1. The Morgan fingerprint density at radius 3 is 3.00 bits per heavy atom. The molecule has 6 nitrogen and oxygen atoms in total. The standard InChI is InChI=1S/C16H21N3O3/c1-3-19(15(20)21-2)13-6-4-5-11-9-16(8-7-12(11)13)10-22-14(17)18-16/h4-6H,3,7-10H2,1-2H3,(H2,17,18). The Hall–Kier alpha value is -2.24. The van der Waals surface area contributed by atoms with Crippen molar-refractivity contribution in [2.75, 3.05) is 25.2 Å². The van der Waals surface area contributed by atoms with E-state index in [4.69, 9.17) is 15.2 Å². The van der Waals surface area contributed by atoms with Crippen molar-refractivity contribution in [3.63, 3.8) is 0 Å². The minimum Gasteiger partial charge on any atom is -0.463 e. The summed E-state index contributed by atoms with van der Waals surface area (Å²) in [4.78, 5) is 18.1. The summed E-state index contributed by atoms with van der Waals surface area (Å²) in [5.41, 5.74) is 8.76. The van der Waals surface area contributed by atoms with Crippen molar-refractivity contribution >= 4 is 17.8 Å². The average Bonchev–Trinajstić information content (AvgIpc) is 2.88. The number of methoxy groups -OCH3 is 1. The second-order valence-electron chi connectivity index (χ2n) is 5.77. The molecule has 6 heteroatoms. The summed E-state index contributed by atoms with van der Waals surface area (Å²) in [6.45, 7) is 3.05. The van der Waals surface area contributed by atoms with Crippen LogP contribution in [0.4, 0.5) is 10.5 Å². The van der Waals surface area contributed by atoms with E-state index in [1.165, 1.54) is 18.2 Å². The summed E-state index contributed by atoms with van der Waals surface area (Å²) >= 11 is 0. The fraction of sp³-hybridized carbons (Fsp3) is 0.500. The molecule has 1 spiro atoms. The molecule has 2 aliphatic rings. The van der Waals surface area contributed by atoms with Crippen molar-refractivity contribution in [3.05, 3.63) is 29.3 Å². The minimum atomic E-state index is -0.331. The third-order valence-electron chi connectivity index (χ3n) is 4.45. The zero-order valence-corrected chi connectivity index (χ0v) is 13.0. The molecular weight excluding hydrogens is 282 g/mol. The molecule has 1 heterocycles. The summed E-state index contributed by atoms with van der Waals surface area (Å²) in [7, 11) is 1.41. The first-order valence-electron chi connectivity index (χ1n) is 7.53. The molecule has 0 saturated heterocycles. The summed E-state index contributed by atoms with van der Waals surface area (Å²) in [5.74, 6) is 0. The molecule has 0 bridgehead atoms. The van der Waals surface area contributed by atoms with Crippen molar-refractivity contribution in [1.29, 1.82) is 0 Å². The maximum Gasteiger partial charge on any atom is 0.413 e. The van der Waals surface area contributed by atoms with Crippen LogP contribution >= 0.6 is 0 Å². The highest BCUT2D eigenvalue weighted by Gasteiger charge is 2.40. The van der Waals surface area contributed by atoms with E-state index in [-0.39, 0.29) is 17.7 Å². The van der Waals surface area contributed by atoms with Crippen LogP contribution < -0.4 is 10.6 Å². The van der Waals surface area contributed by atoms with Crippen LogP contribution in [0.2, 0.25) is 0 Å². The smallest absolute Gasteiger partial charge is 0.413 e. The molecule has 0 radical (unpaired) electrons. The quantitative estimate of drug-likeness (QED) is 0.904. The normalized spacial score (nSPS) is 22.7. The number of ether oxygens (including phenoxy) is 2. The van der Waals surface area contributed by atoms with Gasteiger partial charge in [0.15, 0.2) is 0 Å². The Balaban J connectivity index is 1.95. The molecule has 3 rings (SSSR count). The van der Waals surface area contributed by atoms with Gasteiger partial charge in [0.1, 0.15) is 12.1 Å². The first-order valence-corrected chi connectivity index (χ1v) is 7.53. The van der Waals surface area contributed by atoms with Crippen molar-refractivity contribution in [2.24, 2.45) is 10.7 Å². The lowest BCUT2D eigenvalue weighted by Crippen LogP contribution is -2.37. The Labute approximate surface area is 129 Å². The second kappa shape index (κ2) is 5.51. The first kappa shape index (κ1) is 14.7. The number of aliphatic imine (C=N–C) groups is 1. The van der Waals surface area contributed by atoms with Gasteiger partial charge in [-0.15, -0.1) is 0 Å². The van der Waals surface area contributed by atoms with Gasteiger partial charge in [0.25, 0.3) is 6.02 Å². The monoisotopic (exact) mass is 303 g/mol. The number of anilines is 1. The Kier molecular flexibility index (Phi) is 3.68. The summed E-state index contributed by atoms with van der Waals surface area (Å²) in [6, 6.07) is 6.32. The van der Waals surface area contributed by atoms with Crippen molar-refractivity contribution in [3.8, 4) is 0 Å². The molecule has 1 aromatic rings. The van der Waals surface area contributed by atoms with Crippen LogP contribution in [0.25, 0.3) is 0 Å². The third-order valence-corrected chi connectivity index (χ3v) is 4.45. The predicted molar refractivity (Wildman–Crippen MR) is 84.2 cm³/mol. The SMILES string of the molecule is CCN(C(=O)OC)c1cccc2c1CCC1(COC(N)=N1)C2. The fourth-order valence-electron chi connectivity index (χ4n) is 3.36. The lowest BCUT2D eigenvalue weighted by Gasteiger charge is -2.33. The van der Waals surface area contributed by atoms with Crippen molar-refractivity contribution < 1.29 is 14.3 Å². The number of carbonyl (C=O) groups excluding carboxylic acids is 1. The van der Waals surface area contributed by atoms with Crippen LogP contribution in [0.1, 0.15) is 24.5 Å². The van der Waals surface area contributed by atoms with Crippen molar-refractivity contribution in [1.82, 2.24) is 0 Å². The third kappa shape index (κ3) is 2.38. The molecule has 0 aromatic heterocycles. The number of hydrogen-bond acceptors (Lipinski definition) is 5. The number of amides is 1. The summed E-state index contributed by atoms with van der Waals surface area (Å²) in [5, 5.41) is 0. The molecule has 1 aromatic carbocycles. The van der Waals surface area contributed by atoms with Crippen LogP contribution in [0, 0.1) is 0 Å². The molecule has 1 aliphatic carbocycles. The van der Waals surface area contributed by atoms with E-state index in [9.17, 15) is 4.79 Å². The molecule has 0 saturated carbocycles. The van der Waals surface area contributed by atoms with Crippen LogP contribution in [0.5, 0.6) is 0 Å². The molecular formula is C16H21N3O3. The van der Waals surface area contributed by atoms with Gasteiger partial charge in [-0.3, -0.25) is 4.90 Å². The van der Waals surface area contributed by atoms with E-state index in [1.807, 2.05) is 19.1 Å². The van der Waals surface area contributed by atoms with Gasteiger partial charge in [-0.05, 0) is 37.0 Å². The Morgan fingerprint density at radius 1 is 1.55 bits per heavy atom. The van der Waals surface area contributed by atoms with Crippen LogP contribution in [0.15, 0.2) is 23.2 Å². The zero-order chi connectivity index (χ0) is 15.7. The number of nitrogens with two attached hydrogens (primary N) is 1. The number of rotatable bonds is 2. The largest absolute Gasteiger partial charge is 0.463 e. The summed E-state index contributed by atoms with van der Waals surface area (Å²) in [6.07, 6.45) is 2.17. The van der Waals surface area contributed by atoms with Gasteiger partial charge in [0, 0.05) is 13.0 Å². The van der Waals surface area contributed by atoms with Gasteiger partial charge in [-0.2, -0.15) is 0 Å². The first-order chi connectivity index (χ1) is 10.6. The molecule has 2 N–H and O–H groups in total. The number of amidine groups is 1. The maximum atomic E-state index is 12.0. The second-order valence-corrected chi connectivity index (χ2v) is 5.77. The van der Waals surface area contributed by atoms with Gasteiger partial charge in [0.05, 0.1) is 12.8 Å². The van der Waals surface area contributed by atoms with Gasteiger partial charge in [0.2, 0.25) is 0 Å². The highest BCUT2D eigenvalue weighted by molar-refractivity contribution is 5.89.